The lowest BCUT2D eigenvalue weighted by Gasteiger charge is -2.28. The third-order valence-corrected chi connectivity index (χ3v) is 5.84. The van der Waals surface area contributed by atoms with Crippen molar-refractivity contribution in [1.29, 1.82) is 0 Å². The van der Waals surface area contributed by atoms with Crippen LogP contribution in [0.25, 0.3) is 0 Å². The highest BCUT2D eigenvalue weighted by atomic mass is 32.2. The number of nitrogens with zero attached hydrogens (tertiary/aromatic N) is 2. The van der Waals surface area contributed by atoms with E-state index in [0.717, 1.165) is 18.5 Å². The Morgan fingerprint density at radius 3 is 3.15 bits per heavy atom. The molecule has 0 spiro atoms. The van der Waals surface area contributed by atoms with Gasteiger partial charge in [0, 0.05) is 36.8 Å². The number of likely N-dealkylation sites (tertiary alicyclic amines) is 1. The molecule has 1 N–H and O–H groups in total. The minimum atomic E-state index is 0.535. The molecule has 1 unspecified atom stereocenters. The Hall–Kier alpha value is -0.580. The second kappa shape index (κ2) is 6.92. The van der Waals surface area contributed by atoms with Gasteiger partial charge in [0.25, 0.3) is 0 Å². The number of nitrogens with one attached hydrogen (secondary N) is 1. The van der Waals surface area contributed by atoms with Gasteiger partial charge >= 0.3 is 0 Å². The van der Waals surface area contributed by atoms with E-state index >= 15 is 0 Å². The summed E-state index contributed by atoms with van der Waals surface area (Å²) in [5.74, 6) is 3.36. The third kappa shape index (κ3) is 3.35. The van der Waals surface area contributed by atoms with Crippen molar-refractivity contribution in [3.8, 4) is 0 Å². The molecule has 2 fully saturated rings. The van der Waals surface area contributed by atoms with Crippen LogP contribution in [0, 0.1) is 5.92 Å². The molecule has 1 aromatic rings. The summed E-state index contributed by atoms with van der Waals surface area (Å²) >= 11 is 2.10. The zero-order valence-corrected chi connectivity index (χ0v) is 13.1. The summed E-state index contributed by atoms with van der Waals surface area (Å²) in [6.07, 6.45) is 7.93. The molecule has 0 amide bonds. The second-order valence-corrected chi connectivity index (χ2v) is 7.23. The van der Waals surface area contributed by atoms with Crippen LogP contribution in [0.3, 0.4) is 0 Å². The molecular formula is C16H25N3S. The maximum absolute atomic E-state index is 4.30. The van der Waals surface area contributed by atoms with Crippen molar-refractivity contribution in [1.82, 2.24) is 15.2 Å². The quantitative estimate of drug-likeness (QED) is 0.923. The molecule has 2 aliphatic rings. The first-order chi connectivity index (χ1) is 9.84. The zero-order valence-electron chi connectivity index (χ0n) is 12.3. The van der Waals surface area contributed by atoms with Crippen LogP contribution in [0.15, 0.2) is 24.5 Å². The molecule has 2 aliphatic heterocycles. The van der Waals surface area contributed by atoms with Gasteiger partial charge in [0.05, 0.1) is 0 Å². The van der Waals surface area contributed by atoms with Gasteiger partial charge in [-0.3, -0.25) is 9.88 Å². The Labute approximate surface area is 126 Å². The van der Waals surface area contributed by atoms with Crippen LogP contribution >= 0.6 is 11.8 Å². The molecule has 3 rings (SSSR count). The molecule has 2 saturated heterocycles. The van der Waals surface area contributed by atoms with Crippen LogP contribution in [-0.2, 0) is 0 Å². The normalized spacial score (nSPS) is 31.6. The standard InChI is InChI=1S/C16H25N3S/c1-19-8-6-14(11-18-15-5-3-9-20-12-15)16(19)13-4-2-7-17-10-13/h2,4,7,10,14-16,18H,3,5-6,8-9,11-12H2,1H3/t14-,15?,16-/m0/s1. The van der Waals surface area contributed by atoms with E-state index in [1.54, 1.807) is 0 Å². The molecule has 110 valence electrons. The maximum atomic E-state index is 4.30. The Kier molecular flexibility index (Phi) is 4.97. The van der Waals surface area contributed by atoms with Gasteiger partial charge in [0.2, 0.25) is 0 Å². The van der Waals surface area contributed by atoms with Gasteiger partial charge in [-0.2, -0.15) is 11.8 Å². The van der Waals surface area contributed by atoms with E-state index in [9.17, 15) is 0 Å². The lowest BCUT2D eigenvalue weighted by Crippen LogP contribution is -2.38. The minimum Gasteiger partial charge on any atom is -0.313 e. The predicted octanol–water partition coefficient (Wildman–Crippen LogP) is 2.56. The first kappa shape index (κ1) is 14.4. The molecular weight excluding hydrogens is 266 g/mol. The fourth-order valence-corrected chi connectivity index (χ4v) is 4.64. The van der Waals surface area contributed by atoms with Crippen molar-refractivity contribution < 1.29 is 0 Å². The first-order valence-electron chi connectivity index (χ1n) is 7.76. The number of thioether (sulfide) groups is 1. The number of hydrogen-bond donors (Lipinski definition) is 1. The molecule has 3 atom stereocenters. The Bertz CT molecular complexity index is 405. The zero-order chi connectivity index (χ0) is 13.8. The summed E-state index contributed by atoms with van der Waals surface area (Å²) in [7, 11) is 2.24. The van der Waals surface area contributed by atoms with Crippen LogP contribution in [-0.4, -0.2) is 47.6 Å². The minimum absolute atomic E-state index is 0.535. The first-order valence-corrected chi connectivity index (χ1v) is 8.91. The number of hydrogen-bond acceptors (Lipinski definition) is 4. The third-order valence-electron chi connectivity index (χ3n) is 4.63. The average molecular weight is 291 g/mol. The largest absolute Gasteiger partial charge is 0.313 e. The van der Waals surface area contributed by atoms with Gasteiger partial charge in [-0.15, -0.1) is 0 Å². The summed E-state index contributed by atoms with van der Waals surface area (Å²) in [4.78, 5) is 6.78. The summed E-state index contributed by atoms with van der Waals surface area (Å²) in [6, 6.07) is 5.55. The summed E-state index contributed by atoms with van der Waals surface area (Å²) in [5.41, 5.74) is 1.37. The number of aromatic nitrogens is 1. The van der Waals surface area contributed by atoms with E-state index in [1.165, 1.54) is 42.9 Å². The smallest absolute Gasteiger partial charge is 0.0401 e. The molecule has 3 heterocycles. The molecule has 0 radical (unpaired) electrons. The van der Waals surface area contributed by atoms with E-state index in [-0.39, 0.29) is 0 Å². The van der Waals surface area contributed by atoms with Crippen molar-refractivity contribution >= 4 is 11.8 Å². The van der Waals surface area contributed by atoms with Gasteiger partial charge in [-0.1, -0.05) is 6.07 Å². The number of pyridine rings is 1. The lowest BCUT2D eigenvalue weighted by molar-refractivity contribution is 0.267. The van der Waals surface area contributed by atoms with Gasteiger partial charge < -0.3 is 5.32 Å². The van der Waals surface area contributed by atoms with Crippen molar-refractivity contribution in [2.45, 2.75) is 31.3 Å². The monoisotopic (exact) mass is 291 g/mol. The van der Waals surface area contributed by atoms with Crippen LogP contribution in [0.1, 0.15) is 30.9 Å². The van der Waals surface area contributed by atoms with Gasteiger partial charge in [0.1, 0.15) is 0 Å². The van der Waals surface area contributed by atoms with Crippen LogP contribution in [0.4, 0.5) is 0 Å². The summed E-state index contributed by atoms with van der Waals surface area (Å²) in [6.45, 7) is 2.35. The van der Waals surface area contributed by atoms with E-state index in [1.807, 2.05) is 12.4 Å². The van der Waals surface area contributed by atoms with Crippen molar-refractivity contribution in [2.75, 3.05) is 31.6 Å². The molecule has 0 aromatic carbocycles. The van der Waals surface area contributed by atoms with Crippen LogP contribution in [0.2, 0.25) is 0 Å². The highest BCUT2D eigenvalue weighted by Crippen LogP contribution is 2.35. The van der Waals surface area contributed by atoms with Crippen molar-refractivity contribution in [3.63, 3.8) is 0 Å². The van der Waals surface area contributed by atoms with E-state index < -0.39 is 0 Å². The Morgan fingerprint density at radius 1 is 1.45 bits per heavy atom. The van der Waals surface area contributed by atoms with Crippen molar-refractivity contribution in [3.05, 3.63) is 30.1 Å². The molecule has 0 bridgehead atoms. The fraction of sp³-hybridized carbons (Fsp3) is 0.688. The van der Waals surface area contributed by atoms with Crippen molar-refractivity contribution in [2.24, 2.45) is 5.92 Å². The summed E-state index contributed by atoms with van der Waals surface area (Å²) < 4.78 is 0. The van der Waals surface area contributed by atoms with Gasteiger partial charge in [0.15, 0.2) is 0 Å². The lowest BCUT2D eigenvalue weighted by atomic mass is 9.94. The summed E-state index contributed by atoms with van der Waals surface area (Å²) in [5, 5.41) is 3.82. The van der Waals surface area contributed by atoms with Gasteiger partial charge in [-0.05, 0) is 56.2 Å². The number of rotatable bonds is 4. The van der Waals surface area contributed by atoms with E-state index in [2.05, 4.69) is 46.1 Å². The fourth-order valence-electron chi connectivity index (χ4n) is 3.54. The van der Waals surface area contributed by atoms with Crippen LogP contribution in [0.5, 0.6) is 0 Å². The average Bonchev–Trinajstić information content (AvgIpc) is 2.88. The second-order valence-electron chi connectivity index (χ2n) is 6.08. The van der Waals surface area contributed by atoms with E-state index in [4.69, 9.17) is 0 Å². The van der Waals surface area contributed by atoms with E-state index in [0.29, 0.717) is 6.04 Å². The van der Waals surface area contributed by atoms with Crippen LogP contribution < -0.4 is 5.32 Å². The Balaban J connectivity index is 1.60. The molecule has 0 saturated carbocycles. The highest BCUT2D eigenvalue weighted by Gasteiger charge is 2.33. The predicted molar refractivity (Wildman–Crippen MR) is 86.1 cm³/mol. The molecule has 4 heteroatoms. The molecule has 0 aliphatic carbocycles. The Morgan fingerprint density at radius 2 is 2.40 bits per heavy atom. The molecule has 20 heavy (non-hydrogen) atoms. The van der Waals surface area contributed by atoms with Gasteiger partial charge in [-0.25, -0.2) is 0 Å². The topological polar surface area (TPSA) is 28.2 Å². The molecule has 1 aromatic heterocycles. The molecule has 3 nitrogen and oxygen atoms in total. The SMILES string of the molecule is CN1CC[C@@H](CNC2CCCSC2)[C@@H]1c1cccnc1. The maximum Gasteiger partial charge on any atom is 0.0401 e. The highest BCUT2D eigenvalue weighted by molar-refractivity contribution is 7.99.